The van der Waals surface area contributed by atoms with Crippen LogP contribution in [0.3, 0.4) is 0 Å². The molecular weight excluding hydrogens is 318 g/mol. The molecule has 1 aliphatic rings. The number of hydrogen-bond acceptors (Lipinski definition) is 5. The van der Waals surface area contributed by atoms with E-state index in [0.29, 0.717) is 49.5 Å². The van der Waals surface area contributed by atoms with Crippen LogP contribution in [0.5, 0.6) is 5.75 Å². The lowest BCUT2D eigenvalue weighted by molar-refractivity contribution is 0.0410. The first-order valence-corrected chi connectivity index (χ1v) is 9.23. The number of sulfonamides is 1. The highest BCUT2D eigenvalue weighted by atomic mass is 32.2. The molecule has 0 saturated carbocycles. The molecule has 0 N–H and O–H groups in total. The maximum atomic E-state index is 12.6. The van der Waals surface area contributed by atoms with Crippen LogP contribution in [0.2, 0.25) is 0 Å². The van der Waals surface area contributed by atoms with Gasteiger partial charge in [-0.15, -0.1) is 0 Å². The van der Waals surface area contributed by atoms with Crippen LogP contribution in [-0.2, 0) is 19.5 Å². The highest BCUT2D eigenvalue weighted by Gasteiger charge is 2.29. The molecule has 1 fully saturated rings. The molecule has 6 nitrogen and oxygen atoms in total. The van der Waals surface area contributed by atoms with Gasteiger partial charge in [0.25, 0.3) is 0 Å². The summed E-state index contributed by atoms with van der Waals surface area (Å²) in [4.78, 5) is 0.313. The van der Waals surface area contributed by atoms with Crippen LogP contribution in [-0.4, -0.2) is 59.9 Å². The molecule has 0 aromatic heterocycles. The number of hydrogen-bond donors (Lipinski definition) is 0. The first-order valence-electron chi connectivity index (χ1n) is 7.79. The van der Waals surface area contributed by atoms with Gasteiger partial charge in [0, 0.05) is 26.8 Å². The van der Waals surface area contributed by atoms with Gasteiger partial charge in [-0.3, -0.25) is 0 Å². The van der Waals surface area contributed by atoms with Crippen LogP contribution in [0.1, 0.15) is 12.8 Å². The minimum atomic E-state index is -3.42. The van der Waals surface area contributed by atoms with E-state index in [1.807, 2.05) is 0 Å². The van der Waals surface area contributed by atoms with Crippen molar-refractivity contribution in [3.8, 4) is 5.75 Å². The first kappa shape index (κ1) is 18.2. The summed E-state index contributed by atoms with van der Waals surface area (Å²) in [5.74, 6) is 1.06. The summed E-state index contributed by atoms with van der Waals surface area (Å²) >= 11 is 0. The van der Waals surface area contributed by atoms with Crippen molar-refractivity contribution in [3.63, 3.8) is 0 Å². The Labute approximate surface area is 138 Å². The third-order valence-electron chi connectivity index (χ3n) is 4.06. The number of benzene rings is 1. The quantitative estimate of drug-likeness (QED) is 0.673. The maximum Gasteiger partial charge on any atom is 0.243 e. The lowest BCUT2D eigenvalue weighted by Gasteiger charge is -2.31. The van der Waals surface area contributed by atoms with Gasteiger partial charge in [-0.25, -0.2) is 8.42 Å². The van der Waals surface area contributed by atoms with Gasteiger partial charge in [0.05, 0.1) is 25.2 Å². The third kappa shape index (κ3) is 4.91. The van der Waals surface area contributed by atoms with E-state index in [1.165, 1.54) is 0 Å². The molecule has 0 atom stereocenters. The third-order valence-corrected chi connectivity index (χ3v) is 5.97. The first-order chi connectivity index (χ1) is 11.1. The Balaban J connectivity index is 1.87. The Morgan fingerprint density at radius 3 is 2.30 bits per heavy atom. The Bertz CT molecular complexity index is 565. The van der Waals surface area contributed by atoms with Crippen molar-refractivity contribution in [1.82, 2.24) is 4.31 Å². The Morgan fingerprint density at radius 1 is 1.09 bits per heavy atom. The van der Waals surface area contributed by atoms with E-state index in [0.717, 1.165) is 12.8 Å². The second-order valence-corrected chi connectivity index (χ2v) is 7.53. The summed E-state index contributed by atoms with van der Waals surface area (Å²) in [6.45, 7) is 2.91. The van der Waals surface area contributed by atoms with Crippen molar-refractivity contribution < 1.29 is 22.6 Å². The fourth-order valence-corrected chi connectivity index (χ4v) is 4.08. The van der Waals surface area contributed by atoms with Gasteiger partial charge in [-0.05, 0) is 43.0 Å². The van der Waals surface area contributed by atoms with Crippen LogP contribution >= 0.6 is 0 Å². The van der Waals surface area contributed by atoms with Crippen LogP contribution in [0.15, 0.2) is 29.2 Å². The van der Waals surface area contributed by atoms with Crippen LogP contribution in [0, 0.1) is 5.92 Å². The molecule has 7 heteroatoms. The van der Waals surface area contributed by atoms with E-state index in [9.17, 15) is 8.42 Å². The van der Waals surface area contributed by atoms with E-state index < -0.39 is 10.0 Å². The number of methoxy groups -OCH3 is 2. The molecule has 130 valence electrons. The lowest BCUT2D eigenvalue weighted by atomic mass is 9.99. The van der Waals surface area contributed by atoms with E-state index >= 15 is 0 Å². The van der Waals surface area contributed by atoms with E-state index in [1.54, 1.807) is 42.8 Å². The number of piperidine rings is 1. The van der Waals surface area contributed by atoms with Crippen LogP contribution in [0.4, 0.5) is 0 Å². The summed E-state index contributed by atoms with van der Waals surface area (Å²) in [5, 5.41) is 0. The monoisotopic (exact) mass is 343 g/mol. The SMILES string of the molecule is COCCOCC1CCN(S(=O)(=O)c2ccc(OC)cc2)CC1. The van der Waals surface area contributed by atoms with Crippen LogP contribution < -0.4 is 4.74 Å². The highest BCUT2D eigenvalue weighted by Crippen LogP contribution is 2.25. The summed E-state index contributed by atoms with van der Waals surface area (Å²) in [6, 6.07) is 6.52. The Morgan fingerprint density at radius 2 is 1.74 bits per heavy atom. The van der Waals surface area contributed by atoms with Crippen LogP contribution in [0.25, 0.3) is 0 Å². The fourth-order valence-electron chi connectivity index (χ4n) is 2.61. The Kier molecular flexibility index (Phi) is 6.83. The summed E-state index contributed by atoms with van der Waals surface area (Å²) in [7, 11) is -0.219. The second kappa shape index (κ2) is 8.63. The second-order valence-electron chi connectivity index (χ2n) is 5.59. The van der Waals surface area contributed by atoms with E-state index in [2.05, 4.69) is 0 Å². The number of nitrogens with zero attached hydrogens (tertiary/aromatic N) is 1. The Hall–Kier alpha value is -1.15. The fraction of sp³-hybridized carbons (Fsp3) is 0.625. The molecule has 1 saturated heterocycles. The van der Waals surface area contributed by atoms with Gasteiger partial charge in [-0.1, -0.05) is 0 Å². The molecule has 1 aromatic carbocycles. The summed E-state index contributed by atoms with van der Waals surface area (Å²) in [5.41, 5.74) is 0. The normalized spacial score (nSPS) is 17.3. The van der Waals surface area contributed by atoms with Crippen molar-refractivity contribution in [2.24, 2.45) is 5.92 Å². The molecule has 0 bridgehead atoms. The van der Waals surface area contributed by atoms with Gasteiger partial charge in [0.2, 0.25) is 10.0 Å². The zero-order valence-electron chi connectivity index (χ0n) is 13.7. The molecule has 0 aliphatic carbocycles. The topological polar surface area (TPSA) is 65.1 Å². The molecule has 0 amide bonds. The largest absolute Gasteiger partial charge is 0.497 e. The zero-order valence-corrected chi connectivity index (χ0v) is 14.5. The van der Waals surface area contributed by atoms with Gasteiger partial charge in [-0.2, -0.15) is 4.31 Å². The average Bonchev–Trinajstić information content (AvgIpc) is 2.59. The smallest absolute Gasteiger partial charge is 0.243 e. The average molecular weight is 343 g/mol. The number of rotatable bonds is 8. The molecule has 1 aromatic rings. The molecule has 0 radical (unpaired) electrons. The van der Waals surface area contributed by atoms with Gasteiger partial charge < -0.3 is 14.2 Å². The molecule has 23 heavy (non-hydrogen) atoms. The molecule has 1 aliphatic heterocycles. The van der Waals surface area contributed by atoms with Crippen molar-refractivity contribution in [3.05, 3.63) is 24.3 Å². The molecule has 0 unspecified atom stereocenters. The molecule has 2 rings (SSSR count). The van der Waals surface area contributed by atoms with E-state index in [4.69, 9.17) is 14.2 Å². The van der Waals surface area contributed by atoms with Gasteiger partial charge in [0.15, 0.2) is 0 Å². The van der Waals surface area contributed by atoms with Crippen molar-refractivity contribution in [2.45, 2.75) is 17.7 Å². The minimum Gasteiger partial charge on any atom is -0.497 e. The van der Waals surface area contributed by atoms with Crippen molar-refractivity contribution >= 4 is 10.0 Å². The minimum absolute atomic E-state index is 0.313. The number of ether oxygens (including phenoxy) is 3. The summed E-state index contributed by atoms with van der Waals surface area (Å²) < 4.78 is 42.4. The molecule has 0 spiro atoms. The zero-order chi connectivity index (χ0) is 16.7. The van der Waals surface area contributed by atoms with Gasteiger partial charge in [0.1, 0.15) is 5.75 Å². The summed E-state index contributed by atoms with van der Waals surface area (Å²) in [6.07, 6.45) is 1.64. The van der Waals surface area contributed by atoms with Crippen molar-refractivity contribution in [1.29, 1.82) is 0 Å². The van der Waals surface area contributed by atoms with Crippen molar-refractivity contribution in [2.75, 3.05) is 47.1 Å². The molecule has 1 heterocycles. The standard InChI is InChI=1S/C16H25NO5S/c1-20-11-12-22-13-14-7-9-17(10-8-14)23(18,19)16-5-3-15(21-2)4-6-16/h3-6,14H,7-13H2,1-2H3. The maximum absolute atomic E-state index is 12.6. The predicted octanol–water partition coefficient (Wildman–Crippen LogP) is 1.76. The highest BCUT2D eigenvalue weighted by molar-refractivity contribution is 7.89. The predicted molar refractivity (Wildman–Crippen MR) is 87.2 cm³/mol. The van der Waals surface area contributed by atoms with Gasteiger partial charge >= 0.3 is 0 Å². The molecular formula is C16H25NO5S. The lowest BCUT2D eigenvalue weighted by Crippen LogP contribution is -2.39. The van der Waals surface area contributed by atoms with E-state index in [-0.39, 0.29) is 0 Å².